The van der Waals surface area contributed by atoms with Crippen LogP contribution in [0.1, 0.15) is 15.9 Å². The van der Waals surface area contributed by atoms with Gasteiger partial charge in [0.25, 0.3) is 11.6 Å². The highest BCUT2D eigenvalue weighted by Crippen LogP contribution is 2.22. The molecule has 0 bridgehead atoms. The van der Waals surface area contributed by atoms with Crippen molar-refractivity contribution in [2.45, 2.75) is 6.92 Å². The molecule has 2 N–H and O–H groups in total. The molecule has 0 unspecified atom stereocenters. The minimum Gasteiger partial charge on any atom is -0.388 e. The van der Waals surface area contributed by atoms with Gasteiger partial charge in [0, 0.05) is 36.1 Å². The Hall–Kier alpha value is -2.89. The number of nitro benzene ring substituents is 1. The van der Waals surface area contributed by atoms with Crippen LogP contribution in [0.4, 0.5) is 17.1 Å². The smallest absolute Gasteiger partial charge is 0.269 e. The number of carbonyl (C=O) groups excluding carboxylic acids is 1. The molecule has 1 amide bonds. The average molecular weight is 285 g/mol. The fraction of sp³-hybridized carbons (Fsp3) is 0.133. The number of aryl methyl sites for hydroxylation is 1. The maximum Gasteiger partial charge on any atom is 0.269 e. The second kappa shape index (κ2) is 6.04. The number of hydrogen-bond acceptors (Lipinski definition) is 4. The largest absolute Gasteiger partial charge is 0.388 e. The molecule has 0 aliphatic heterocycles. The first-order chi connectivity index (χ1) is 10.0. The molecule has 2 aromatic carbocycles. The van der Waals surface area contributed by atoms with Gasteiger partial charge in [0.2, 0.25) is 0 Å². The van der Waals surface area contributed by atoms with E-state index in [0.29, 0.717) is 16.8 Å². The van der Waals surface area contributed by atoms with Crippen molar-refractivity contribution >= 4 is 23.0 Å². The Morgan fingerprint density at radius 2 is 1.81 bits per heavy atom. The standard InChI is InChI=1S/C15H15N3O3/c1-10-9-13(18(20)21)7-8-14(10)17-15(19)11-3-5-12(16-2)6-4-11/h3-9,16H,1-2H3,(H,17,19). The minimum absolute atomic E-state index is 0.00359. The van der Waals surface area contributed by atoms with Crippen molar-refractivity contribution in [1.29, 1.82) is 0 Å². The molecule has 0 saturated heterocycles. The lowest BCUT2D eigenvalue weighted by Crippen LogP contribution is -2.12. The normalized spacial score (nSPS) is 10.0. The van der Waals surface area contributed by atoms with Crippen LogP contribution < -0.4 is 10.6 Å². The molecule has 0 saturated carbocycles. The summed E-state index contributed by atoms with van der Waals surface area (Å²) in [6, 6.07) is 11.4. The highest BCUT2D eigenvalue weighted by molar-refractivity contribution is 6.04. The third-order valence-electron chi connectivity index (χ3n) is 3.10. The number of nitro groups is 1. The number of carbonyl (C=O) groups is 1. The van der Waals surface area contributed by atoms with Crippen LogP contribution in [0.2, 0.25) is 0 Å². The van der Waals surface area contributed by atoms with Crippen LogP contribution in [0, 0.1) is 17.0 Å². The molecule has 0 aliphatic rings. The van der Waals surface area contributed by atoms with Crippen LogP contribution in [-0.4, -0.2) is 17.9 Å². The third-order valence-corrected chi connectivity index (χ3v) is 3.10. The SMILES string of the molecule is CNc1ccc(C(=O)Nc2ccc([N+](=O)[O-])cc2C)cc1. The van der Waals surface area contributed by atoms with Crippen molar-refractivity contribution in [3.8, 4) is 0 Å². The lowest BCUT2D eigenvalue weighted by molar-refractivity contribution is -0.384. The number of rotatable bonds is 4. The summed E-state index contributed by atoms with van der Waals surface area (Å²) in [6.45, 7) is 1.71. The lowest BCUT2D eigenvalue weighted by Gasteiger charge is -2.08. The summed E-state index contributed by atoms with van der Waals surface area (Å²) in [7, 11) is 1.80. The molecule has 6 nitrogen and oxygen atoms in total. The molecular weight excluding hydrogens is 270 g/mol. The maximum atomic E-state index is 12.1. The fourth-order valence-corrected chi connectivity index (χ4v) is 1.88. The van der Waals surface area contributed by atoms with Gasteiger partial charge in [-0.25, -0.2) is 0 Å². The molecule has 0 fully saturated rings. The van der Waals surface area contributed by atoms with Crippen molar-refractivity contribution in [3.63, 3.8) is 0 Å². The summed E-state index contributed by atoms with van der Waals surface area (Å²) >= 11 is 0. The zero-order chi connectivity index (χ0) is 15.4. The molecule has 0 aliphatic carbocycles. The van der Waals surface area contributed by atoms with Crippen LogP contribution >= 0.6 is 0 Å². The van der Waals surface area contributed by atoms with Crippen molar-refractivity contribution < 1.29 is 9.72 Å². The van der Waals surface area contributed by atoms with E-state index in [0.717, 1.165) is 5.69 Å². The van der Waals surface area contributed by atoms with E-state index in [1.165, 1.54) is 18.2 Å². The third kappa shape index (κ3) is 3.36. The number of amides is 1. The van der Waals surface area contributed by atoms with Gasteiger partial charge in [-0.2, -0.15) is 0 Å². The van der Waals surface area contributed by atoms with E-state index in [-0.39, 0.29) is 11.6 Å². The predicted molar refractivity (Wildman–Crippen MR) is 81.8 cm³/mol. The van der Waals surface area contributed by atoms with E-state index in [4.69, 9.17) is 0 Å². The Labute approximate surface area is 121 Å². The Kier molecular flexibility index (Phi) is 4.18. The van der Waals surface area contributed by atoms with Gasteiger partial charge in [-0.1, -0.05) is 0 Å². The quantitative estimate of drug-likeness (QED) is 0.667. The van der Waals surface area contributed by atoms with Crippen LogP contribution in [-0.2, 0) is 0 Å². The summed E-state index contributed by atoms with van der Waals surface area (Å²) in [5.41, 5.74) is 2.64. The lowest BCUT2D eigenvalue weighted by atomic mass is 10.1. The minimum atomic E-state index is -0.463. The van der Waals surface area contributed by atoms with Crippen LogP contribution in [0.5, 0.6) is 0 Å². The Morgan fingerprint density at radius 3 is 2.33 bits per heavy atom. The zero-order valence-corrected chi connectivity index (χ0v) is 11.7. The number of nitrogens with zero attached hydrogens (tertiary/aromatic N) is 1. The molecule has 6 heteroatoms. The number of benzene rings is 2. The van der Waals surface area contributed by atoms with Crippen molar-refractivity contribution in [2.75, 3.05) is 17.7 Å². The van der Waals surface area contributed by atoms with E-state index in [1.54, 1.807) is 38.2 Å². The van der Waals surface area contributed by atoms with Crippen molar-refractivity contribution in [1.82, 2.24) is 0 Å². The monoisotopic (exact) mass is 285 g/mol. The Morgan fingerprint density at radius 1 is 1.14 bits per heavy atom. The summed E-state index contributed by atoms with van der Waals surface area (Å²) in [5, 5.41) is 16.4. The van der Waals surface area contributed by atoms with E-state index < -0.39 is 4.92 Å². The second-order valence-corrected chi connectivity index (χ2v) is 4.54. The van der Waals surface area contributed by atoms with Crippen LogP contribution in [0.15, 0.2) is 42.5 Å². The van der Waals surface area contributed by atoms with E-state index >= 15 is 0 Å². The van der Waals surface area contributed by atoms with Gasteiger partial charge in [0.1, 0.15) is 0 Å². The van der Waals surface area contributed by atoms with Gasteiger partial charge < -0.3 is 10.6 Å². The maximum absolute atomic E-state index is 12.1. The molecule has 0 spiro atoms. The first-order valence-corrected chi connectivity index (χ1v) is 6.35. The molecule has 0 atom stereocenters. The van der Waals surface area contributed by atoms with Gasteiger partial charge in [-0.15, -0.1) is 0 Å². The average Bonchev–Trinajstić information content (AvgIpc) is 2.49. The topological polar surface area (TPSA) is 84.3 Å². The second-order valence-electron chi connectivity index (χ2n) is 4.54. The van der Waals surface area contributed by atoms with Gasteiger partial charge in [0.05, 0.1) is 4.92 Å². The highest BCUT2D eigenvalue weighted by atomic mass is 16.6. The van der Waals surface area contributed by atoms with E-state index in [1.807, 2.05) is 0 Å². The van der Waals surface area contributed by atoms with Gasteiger partial charge in [0.15, 0.2) is 0 Å². The number of hydrogen-bond donors (Lipinski definition) is 2. The number of nitrogens with one attached hydrogen (secondary N) is 2. The van der Waals surface area contributed by atoms with Gasteiger partial charge >= 0.3 is 0 Å². The number of non-ortho nitro benzene ring substituents is 1. The molecule has 108 valence electrons. The van der Waals surface area contributed by atoms with Crippen LogP contribution in [0.25, 0.3) is 0 Å². The molecule has 0 aromatic heterocycles. The molecule has 0 heterocycles. The molecule has 2 rings (SSSR count). The summed E-state index contributed by atoms with van der Waals surface area (Å²) in [6.07, 6.45) is 0. The number of anilines is 2. The summed E-state index contributed by atoms with van der Waals surface area (Å²) in [5.74, 6) is -0.255. The molecular formula is C15H15N3O3. The Balaban J connectivity index is 2.17. The van der Waals surface area contributed by atoms with E-state index in [2.05, 4.69) is 10.6 Å². The fourth-order valence-electron chi connectivity index (χ4n) is 1.88. The Bertz CT molecular complexity index is 681. The van der Waals surface area contributed by atoms with Gasteiger partial charge in [-0.3, -0.25) is 14.9 Å². The summed E-state index contributed by atoms with van der Waals surface area (Å²) < 4.78 is 0. The van der Waals surface area contributed by atoms with Gasteiger partial charge in [-0.05, 0) is 42.8 Å². The van der Waals surface area contributed by atoms with E-state index in [9.17, 15) is 14.9 Å². The van der Waals surface area contributed by atoms with Crippen LogP contribution in [0.3, 0.4) is 0 Å². The van der Waals surface area contributed by atoms with Crippen molar-refractivity contribution in [2.24, 2.45) is 0 Å². The molecule has 2 aromatic rings. The highest BCUT2D eigenvalue weighted by Gasteiger charge is 2.11. The van der Waals surface area contributed by atoms with Crippen molar-refractivity contribution in [3.05, 3.63) is 63.7 Å². The first kappa shape index (κ1) is 14.5. The first-order valence-electron chi connectivity index (χ1n) is 6.35. The molecule has 21 heavy (non-hydrogen) atoms. The summed E-state index contributed by atoms with van der Waals surface area (Å²) in [4.78, 5) is 22.3. The predicted octanol–water partition coefficient (Wildman–Crippen LogP) is 3.20. The zero-order valence-electron chi connectivity index (χ0n) is 11.7. The molecule has 0 radical (unpaired) electrons.